The molecule has 0 saturated carbocycles. The van der Waals surface area contributed by atoms with Gasteiger partial charge in [-0.1, -0.05) is 44.2 Å². The van der Waals surface area contributed by atoms with Gasteiger partial charge in [0.05, 0.1) is 13.1 Å². The van der Waals surface area contributed by atoms with E-state index in [0.717, 1.165) is 12.0 Å². The maximum absolute atomic E-state index is 13.2. The van der Waals surface area contributed by atoms with Crippen molar-refractivity contribution in [3.05, 3.63) is 35.9 Å². The molecule has 1 aromatic rings. The minimum atomic E-state index is -1.03. The van der Waals surface area contributed by atoms with E-state index in [1.807, 2.05) is 30.3 Å². The third-order valence-corrected chi connectivity index (χ3v) is 6.04. The highest BCUT2D eigenvalue weighted by Gasteiger charge is 2.50. The van der Waals surface area contributed by atoms with E-state index in [-0.39, 0.29) is 43.8 Å². The van der Waals surface area contributed by atoms with Crippen LogP contribution in [-0.4, -0.2) is 87.6 Å². The van der Waals surface area contributed by atoms with Crippen molar-refractivity contribution in [2.45, 2.75) is 51.9 Å². The molecule has 1 aromatic carbocycles. The molecule has 4 amide bonds. The van der Waals surface area contributed by atoms with Crippen molar-refractivity contribution in [3.63, 3.8) is 0 Å². The number of rotatable bonds is 8. The number of carboxylic acid groups (broad SMARTS) is 1. The first-order valence-corrected chi connectivity index (χ1v) is 11.3. The molecule has 0 radical (unpaired) electrons. The minimum absolute atomic E-state index is 0.0117. The lowest BCUT2D eigenvalue weighted by atomic mass is 10.0. The van der Waals surface area contributed by atoms with Gasteiger partial charge in [0, 0.05) is 26.6 Å². The van der Waals surface area contributed by atoms with Gasteiger partial charge >= 0.3 is 12.0 Å². The van der Waals surface area contributed by atoms with Crippen molar-refractivity contribution >= 4 is 23.8 Å². The maximum Gasteiger partial charge on any atom is 0.334 e. The van der Waals surface area contributed by atoms with E-state index in [4.69, 9.17) is 0 Å². The molecule has 3 rings (SSSR count). The smallest absolute Gasteiger partial charge is 0.334 e. The number of benzene rings is 1. The number of aliphatic carboxylic acids is 1. The SMILES string of the molecule is CC(C)CCN1C[C@H]2N(C(=O)CN(C)N2C(=O)NCc2ccccc2)[C@@H](CCC(=O)O)C1=O. The van der Waals surface area contributed by atoms with Crippen LogP contribution >= 0.6 is 0 Å². The van der Waals surface area contributed by atoms with Crippen LogP contribution in [0.2, 0.25) is 0 Å². The van der Waals surface area contributed by atoms with Crippen molar-refractivity contribution in [1.29, 1.82) is 0 Å². The molecular formula is C23H33N5O5. The van der Waals surface area contributed by atoms with Gasteiger partial charge in [0.2, 0.25) is 11.8 Å². The monoisotopic (exact) mass is 459 g/mol. The molecule has 2 saturated heterocycles. The normalized spacial score (nSPS) is 21.4. The molecule has 0 unspecified atom stereocenters. The number of carbonyl (C=O) groups is 4. The number of hydrogen-bond donors (Lipinski definition) is 2. The first-order valence-electron chi connectivity index (χ1n) is 11.3. The average Bonchev–Trinajstić information content (AvgIpc) is 2.76. The fraction of sp³-hybridized carbons (Fsp3) is 0.565. The third kappa shape index (κ3) is 5.81. The summed E-state index contributed by atoms with van der Waals surface area (Å²) in [5.41, 5.74) is 0.940. The summed E-state index contributed by atoms with van der Waals surface area (Å²) in [5, 5.41) is 15.1. The molecule has 2 N–H and O–H groups in total. The van der Waals surface area contributed by atoms with Crippen LogP contribution in [0.4, 0.5) is 4.79 Å². The van der Waals surface area contributed by atoms with Gasteiger partial charge in [-0.05, 0) is 24.3 Å². The number of amides is 4. The standard InChI is InChI=1S/C23H33N5O5/c1-16(2)11-12-26-14-19-27(18(22(26)32)9-10-21(30)31)20(29)15-25(3)28(19)23(33)24-13-17-7-5-4-6-8-17/h4-8,16,18-19H,9-15H2,1-3H3,(H,24,33)(H,30,31)/t18-,19-/m0/s1. The largest absolute Gasteiger partial charge is 0.481 e. The van der Waals surface area contributed by atoms with Crippen molar-refractivity contribution < 1.29 is 24.3 Å². The molecule has 0 aliphatic carbocycles. The Kier molecular flexibility index (Phi) is 7.91. The number of carbonyl (C=O) groups excluding carboxylic acids is 3. The summed E-state index contributed by atoms with van der Waals surface area (Å²) in [5.74, 6) is -1.20. The molecule has 10 heteroatoms. The second kappa shape index (κ2) is 10.7. The van der Waals surface area contributed by atoms with E-state index in [0.29, 0.717) is 19.0 Å². The van der Waals surface area contributed by atoms with Gasteiger partial charge in [0.1, 0.15) is 12.2 Å². The molecule has 2 atom stereocenters. The fourth-order valence-electron chi connectivity index (χ4n) is 4.31. The Labute approximate surface area is 194 Å². The zero-order valence-electron chi connectivity index (χ0n) is 19.4. The van der Waals surface area contributed by atoms with Gasteiger partial charge in [-0.25, -0.2) is 14.8 Å². The molecule has 2 aliphatic heterocycles. The van der Waals surface area contributed by atoms with E-state index in [1.165, 1.54) is 9.91 Å². The molecule has 0 bridgehead atoms. The van der Waals surface area contributed by atoms with Gasteiger partial charge in [0.25, 0.3) is 0 Å². The second-order valence-electron chi connectivity index (χ2n) is 9.00. The number of nitrogens with zero attached hydrogens (tertiary/aromatic N) is 4. The Morgan fingerprint density at radius 2 is 1.88 bits per heavy atom. The van der Waals surface area contributed by atoms with Crippen LogP contribution in [-0.2, 0) is 20.9 Å². The third-order valence-electron chi connectivity index (χ3n) is 6.04. The number of piperazine rings is 1. The van der Waals surface area contributed by atoms with Crippen LogP contribution in [0.3, 0.4) is 0 Å². The predicted octanol–water partition coefficient (Wildman–Crippen LogP) is 1.34. The lowest BCUT2D eigenvalue weighted by molar-refractivity contribution is -0.187. The van der Waals surface area contributed by atoms with Gasteiger partial charge in [-0.2, -0.15) is 0 Å². The average molecular weight is 460 g/mol. The van der Waals surface area contributed by atoms with Crippen LogP contribution < -0.4 is 5.32 Å². The number of carboxylic acids is 1. The van der Waals surface area contributed by atoms with Crippen molar-refractivity contribution in [2.24, 2.45) is 5.92 Å². The molecule has 180 valence electrons. The first-order chi connectivity index (χ1) is 15.7. The molecule has 0 aromatic heterocycles. The maximum atomic E-state index is 13.2. The summed E-state index contributed by atoms with van der Waals surface area (Å²) in [6.45, 7) is 5.04. The van der Waals surface area contributed by atoms with Gasteiger partial charge < -0.3 is 20.2 Å². The highest BCUT2D eigenvalue weighted by molar-refractivity contribution is 5.91. The first kappa shape index (κ1) is 24.5. The van der Waals surface area contributed by atoms with Crippen LogP contribution in [0.25, 0.3) is 0 Å². The van der Waals surface area contributed by atoms with Crippen molar-refractivity contribution in [3.8, 4) is 0 Å². The van der Waals surface area contributed by atoms with Crippen molar-refractivity contribution in [1.82, 2.24) is 25.1 Å². The number of hydrazine groups is 1. The number of hydrogen-bond acceptors (Lipinski definition) is 5. The zero-order chi connectivity index (χ0) is 24.1. The fourth-order valence-corrected chi connectivity index (χ4v) is 4.31. The molecule has 2 fully saturated rings. The number of likely N-dealkylation sites (N-methyl/N-ethyl adjacent to an activating group) is 1. The van der Waals surface area contributed by atoms with E-state index in [1.54, 1.807) is 17.0 Å². The summed E-state index contributed by atoms with van der Waals surface area (Å²) in [6, 6.07) is 8.21. The molecule has 10 nitrogen and oxygen atoms in total. The molecule has 33 heavy (non-hydrogen) atoms. The Hall–Kier alpha value is -3.14. The highest BCUT2D eigenvalue weighted by Crippen LogP contribution is 2.28. The second-order valence-corrected chi connectivity index (χ2v) is 9.00. The summed E-state index contributed by atoms with van der Waals surface area (Å²) in [6.07, 6.45) is -0.150. The zero-order valence-corrected chi connectivity index (χ0v) is 19.4. The number of fused-ring (bicyclic) bond motifs is 1. The Morgan fingerprint density at radius 1 is 1.18 bits per heavy atom. The Bertz CT molecular complexity index is 877. The molecule has 2 heterocycles. The number of nitrogens with one attached hydrogen (secondary N) is 1. The van der Waals surface area contributed by atoms with Crippen LogP contribution in [0.5, 0.6) is 0 Å². The molecule has 0 spiro atoms. The Balaban J connectivity index is 1.85. The van der Waals surface area contributed by atoms with E-state index < -0.39 is 18.2 Å². The highest BCUT2D eigenvalue weighted by atomic mass is 16.4. The van der Waals surface area contributed by atoms with E-state index >= 15 is 0 Å². The van der Waals surface area contributed by atoms with E-state index in [9.17, 15) is 24.3 Å². The van der Waals surface area contributed by atoms with Gasteiger partial charge in [-0.15, -0.1) is 0 Å². The lowest BCUT2D eigenvalue weighted by Gasteiger charge is -2.54. The topological polar surface area (TPSA) is 114 Å². The van der Waals surface area contributed by atoms with Crippen molar-refractivity contribution in [2.75, 3.05) is 26.7 Å². The van der Waals surface area contributed by atoms with Gasteiger partial charge in [-0.3, -0.25) is 14.4 Å². The summed E-state index contributed by atoms with van der Waals surface area (Å²) < 4.78 is 0. The summed E-state index contributed by atoms with van der Waals surface area (Å²) >= 11 is 0. The quantitative estimate of drug-likeness (QED) is 0.607. The molecule has 2 aliphatic rings. The van der Waals surface area contributed by atoms with Crippen LogP contribution in [0, 0.1) is 5.92 Å². The molecular weight excluding hydrogens is 426 g/mol. The van der Waals surface area contributed by atoms with Crippen LogP contribution in [0.1, 0.15) is 38.7 Å². The lowest BCUT2D eigenvalue weighted by Crippen LogP contribution is -2.76. The van der Waals surface area contributed by atoms with Gasteiger partial charge in [0.15, 0.2) is 0 Å². The predicted molar refractivity (Wildman–Crippen MR) is 120 cm³/mol. The summed E-state index contributed by atoms with van der Waals surface area (Å²) in [4.78, 5) is 53.7. The number of urea groups is 1. The van der Waals surface area contributed by atoms with E-state index in [2.05, 4.69) is 19.2 Å². The van der Waals surface area contributed by atoms with Crippen LogP contribution in [0.15, 0.2) is 30.3 Å². The Morgan fingerprint density at radius 3 is 2.52 bits per heavy atom. The minimum Gasteiger partial charge on any atom is -0.481 e. The summed E-state index contributed by atoms with van der Waals surface area (Å²) in [7, 11) is 1.67.